The molecular weight excluding hydrogens is 206 g/mol. The molecule has 0 aliphatic rings. The minimum Gasteiger partial charge on any atom is -0.373 e. The van der Waals surface area contributed by atoms with Gasteiger partial charge < -0.3 is 9.26 Å². The summed E-state index contributed by atoms with van der Waals surface area (Å²) in [7, 11) is 0. The monoisotopic (exact) mass is 223 g/mol. The van der Waals surface area contributed by atoms with Crippen LogP contribution in [-0.2, 0) is 17.8 Å². The van der Waals surface area contributed by atoms with E-state index < -0.39 is 0 Å². The summed E-state index contributed by atoms with van der Waals surface area (Å²) in [5.74, 6) is 1.40. The fourth-order valence-corrected chi connectivity index (χ4v) is 1.27. The van der Waals surface area contributed by atoms with Crippen LogP contribution in [0, 0.1) is 17.2 Å². The van der Waals surface area contributed by atoms with Crippen LogP contribution >= 0.6 is 0 Å². The molecule has 0 bridgehead atoms. The predicted molar refractivity (Wildman–Crippen MR) is 57.3 cm³/mol. The van der Waals surface area contributed by atoms with Crippen LogP contribution in [0.15, 0.2) is 4.52 Å². The van der Waals surface area contributed by atoms with Crippen molar-refractivity contribution in [2.75, 3.05) is 6.61 Å². The summed E-state index contributed by atoms with van der Waals surface area (Å²) in [6, 6.07) is 2.12. The fourth-order valence-electron chi connectivity index (χ4n) is 1.27. The van der Waals surface area contributed by atoms with Gasteiger partial charge in [-0.15, -0.1) is 0 Å². The van der Waals surface area contributed by atoms with E-state index in [-0.39, 0.29) is 5.92 Å². The lowest BCUT2D eigenvalue weighted by atomic mass is 10.1. The zero-order chi connectivity index (χ0) is 11.8. The van der Waals surface area contributed by atoms with Gasteiger partial charge in [0.2, 0.25) is 5.89 Å². The van der Waals surface area contributed by atoms with Crippen LogP contribution in [0.5, 0.6) is 0 Å². The summed E-state index contributed by atoms with van der Waals surface area (Å²) in [5.41, 5.74) is 0. The minimum atomic E-state index is 0.245. The van der Waals surface area contributed by atoms with E-state index in [9.17, 15) is 0 Å². The number of ether oxygens (including phenoxy) is 1. The van der Waals surface area contributed by atoms with Gasteiger partial charge >= 0.3 is 0 Å². The maximum Gasteiger partial charge on any atom is 0.227 e. The predicted octanol–water partition coefficient (Wildman–Crippen LogP) is 2.09. The first-order chi connectivity index (χ1) is 7.76. The highest BCUT2D eigenvalue weighted by Gasteiger charge is 2.10. The summed E-state index contributed by atoms with van der Waals surface area (Å²) in [4.78, 5) is 4.19. The Labute approximate surface area is 95.4 Å². The number of nitrogens with zero attached hydrogens (tertiary/aromatic N) is 3. The SMILES string of the molecule is CCCOCc1noc(CC(C)CC#N)n1. The Bertz CT molecular complexity index is 343. The molecule has 0 saturated carbocycles. The molecule has 0 saturated heterocycles. The van der Waals surface area contributed by atoms with Crippen molar-refractivity contribution in [2.45, 2.75) is 39.7 Å². The van der Waals surface area contributed by atoms with E-state index in [0.29, 0.717) is 37.8 Å². The molecule has 1 rings (SSSR count). The topological polar surface area (TPSA) is 71.9 Å². The summed E-state index contributed by atoms with van der Waals surface area (Å²) in [6.45, 7) is 5.13. The van der Waals surface area contributed by atoms with Crippen molar-refractivity contribution in [2.24, 2.45) is 5.92 Å². The second-order valence-electron chi connectivity index (χ2n) is 3.83. The van der Waals surface area contributed by atoms with Gasteiger partial charge in [0, 0.05) is 19.4 Å². The van der Waals surface area contributed by atoms with Gasteiger partial charge in [-0.2, -0.15) is 10.2 Å². The highest BCUT2D eigenvalue weighted by molar-refractivity contribution is 4.87. The zero-order valence-electron chi connectivity index (χ0n) is 9.77. The molecule has 0 aromatic carbocycles. The minimum absolute atomic E-state index is 0.245. The normalized spacial score (nSPS) is 12.3. The number of aromatic nitrogens is 2. The first kappa shape index (κ1) is 12.7. The van der Waals surface area contributed by atoms with Gasteiger partial charge in [0.25, 0.3) is 0 Å². The Hall–Kier alpha value is -1.41. The molecule has 0 N–H and O–H groups in total. The van der Waals surface area contributed by atoms with Crippen LogP contribution in [0.3, 0.4) is 0 Å². The molecule has 16 heavy (non-hydrogen) atoms. The summed E-state index contributed by atoms with van der Waals surface area (Å²) >= 11 is 0. The van der Waals surface area contributed by atoms with Gasteiger partial charge in [-0.1, -0.05) is 19.0 Å². The highest BCUT2D eigenvalue weighted by Crippen LogP contribution is 2.09. The highest BCUT2D eigenvalue weighted by atomic mass is 16.5. The molecule has 5 nitrogen and oxygen atoms in total. The van der Waals surface area contributed by atoms with E-state index in [1.807, 2.05) is 13.8 Å². The third kappa shape index (κ3) is 4.41. The molecule has 1 atom stereocenters. The van der Waals surface area contributed by atoms with E-state index in [1.54, 1.807) is 0 Å². The van der Waals surface area contributed by atoms with Gasteiger partial charge in [0.05, 0.1) is 6.07 Å². The molecule has 0 aliphatic carbocycles. The first-order valence-corrected chi connectivity index (χ1v) is 5.52. The van der Waals surface area contributed by atoms with E-state index in [4.69, 9.17) is 14.5 Å². The third-order valence-electron chi connectivity index (χ3n) is 2.05. The van der Waals surface area contributed by atoms with E-state index in [2.05, 4.69) is 16.2 Å². The molecule has 0 spiro atoms. The maximum absolute atomic E-state index is 8.53. The standard InChI is InChI=1S/C11H17N3O2/c1-3-6-15-8-10-13-11(16-14-10)7-9(2)4-5-12/h9H,3-4,6-8H2,1-2H3. The van der Waals surface area contributed by atoms with Crippen molar-refractivity contribution in [3.63, 3.8) is 0 Å². The van der Waals surface area contributed by atoms with E-state index >= 15 is 0 Å². The van der Waals surface area contributed by atoms with Crippen molar-refractivity contribution < 1.29 is 9.26 Å². The van der Waals surface area contributed by atoms with Crippen molar-refractivity contribution in [3.05, 3.63) is 11.7 Å². The zero-order valence-corrected chi connectivity index (χ0v) is 9.77. The lowest BCUT2D eigenvalue weighted by molar-refractivity contribution is 0.114. The largest absolute Gasteiger partial charge is 0.373 e. The summed E-state index contributed by atoms with van der Waals surface area (Å²) in [6.07, 6.45) is 2.13. The molecule has 0 fully saturated rings. The quantitative estimate of drug-likeness (QED) is 0.662. The Morgan fingerprint density at radius 3 is 3.06 bits per heavy atom. The Morgan fingerprint density at radius 1 is 1.56 bits per heavy atom. The summed E-state index contributed by atoms with van der Waals surface area (Å²) < 4.78 is 10.4. The number of hydrogen-bond donors (Lipinski definition) is 0. The summed E-state index contributed by atoms with van der Waals surface area (Å²) in [5, 5.41) is 12.3. The Morgan fingerprint density at radius 2 is 2.38 bits per heavy atom. The molecule has 5 heteroatoms. The molecule has 0 radical (unpaired) electrons. The fraction of sp³-hybridized carbons (Fsp3) is 0.727. The molecular formula is C11H17N3O2. The van der Waals surface area contributed by atoms with Crippen molar-refractivity contribution in [3.8, 4) is 6.07 Å². The lowest BCUT2D eigenvalue weighted by Gasteiger charge is -2.00. The molecule has 0 aliphatic heterocycles. The lowest BCUT2D eigenvalue weighted by Crippen LogP contribution is -2.00. The second kappa shape index (κ2) is 6.96. The van der Waals surface area contributed by atoms with Crippen LogP contribution < -0.4 is 0 Å². The van der Waals surface area contributed by atoms with Gasteiger partial charge in [-0.3, -0.25) is 0 Å². The van der Waals surface area contributed by atoms with Gasteiger partial charge in [0.1, 0.15) is 6.61 Å². The van der Waals surface area contributed by atoms with Crippen molar-refractivity contribution in [1.29, 1.82) is 5.26 Å². The number of nitriles is 1. The first-order valence-electron chi connectivity index (χ1n) is 5.52. The van der Waals surface area contributed by atoms with Crippen molar-refractivity contribution >= 4 is 0 Å². The smallest absolute Gasteiger partial charge is 0.227 e. The molecule has 1 heterocycles. The second-order valence-corrected chi connectivity index (χ2v) is 3.83. The van der Waals surface area contributed by atoms with Crippen LogP contribution in [-0.4, -0.2) is 16.7 Å². The third-order valence-corrected chi connectivity index (χ3v) is 2.05. The van der Waals surface area contributed by atoms with Crippen molar-refractivity contribution in [1.82, 2.24) is 10.1 Å². The maximum atomic E-state index is 8.53. The van der Waals surface area contributed by atoms with E-state index in [1.165, 1.54) is 0 Å². The number of hydrogen-bond acceptors (Lipinski definition) is 5. The average Bonchev–Trinajstić information content (AvgIpc) is 2.66. The Balaban J connectivity index is 2.36. The van der Waals surface area contributed by atoms with Gasteiger partial charge in [-0.25, -0.2) is 0 Å². The van der Waals surface area contributed by atoms with Crippen LogP contribution in [0.2, 0.25) is 0 Å². The van der Waals surface area contributed by atoms with Crippen LogP contribution in [0.25, 0.3) is 0 Å². The molecule has 88 valence electrons. The van der Waals surface area contributed by atoms with Crippen LogP contribution in [0.4, 0.5) is 0 Å². The average molecular weight is 223 g/mol. The molecule has 1 aromatic heterocycles. The Kier molecular flexibility index (Phi) is 5.51. The van der Waals surface area contributed by atoms with E-state index in [0.717, 1.165) is 6.42 Å². The van der Waals surface area contributed by atoms with Crippen LogP contribution in [0.1, 0.15) is 38.4 Å². The molecule has 1 unspecified atom stereocenters. The molecule has 1 aromatic rings. The molecule has 0 amide bonds. The van der Waals surface area contributed by atoms with Gasteiger partial charge in [-0.05, 0) is 12.3 Å². The van der Waals surface area contributed by atoms with Gasteiger partial charge in [0.15, 0.2) is 5.82 Å². The number of rotatable bonds is 7.